The number of azo groups is 1. The molecule has 7 heteroatoms. The molecule has 3 aromatic rings. The Bertz CT molecular complexity index is 894. The number of nitrogens with one attached hydrogen (secondary N) is 2. The molecule has 3 rings (SSSR count). The van der Waals surface area contributed by atoms with Gasteiger partial charge in [-0.2, -0.15) is 0 Å². The zero-order valence-electron chi connectivity index (χ0n) is 12.3. The number of hydrogen-bond acceptors (Lipinski definition) is 5. The molecule has 0 fully saturated rings. The third-order valence-electron chi connectivity index (χ3n) is 3.25. The summed E-state index contributed by atoms with van der Waals surface area (Å²) in [7, 11) is 1.54. The van der Waals surface area contributed by atoms with Gasteiger partial charge < -0.3 is 9.84 Å². The summed E-state index contributed by atoms with van der Waals surface area (Å²) in [4.78, 5) is 11.9. The Kier molecular flexibility index (Phi) is 3.92. The molecule has 0 atom stereocenters. The number of para-hydroxylation sites is 1. The fourth-order valence-electron chi connectivity index (χ4n) is 2.10. The maximum Gasteiger partial charge on any atom is 0.292 e. The third kappa shape index (κ3) is 2.98. The van der Waals surface area contributed by atoms with E-state index in [0.29, 0.717) is 22.7 Å². The summed E-state index contributed by atoms with van der Waals surface area (Å²) in [5.41, 5.74) is 1.49. The zero-order chi connectivity index (χ0) is 16.2. The van der Waals surface area contributed by atoms with E-state index in [0.717, 1.165) is 0 Å². The average Bonchev–Trinajstić information content (AvgIpc) is 2.94. The lowest BCUT2D eigenvalue weighted by Crippen LogP contribution is -1.96. The highest BCUT2D eigenvalue weighted by Crippen LogP contribution is 2.30. The van der Waals surface area contributed by atoms with Crippen LogP contribution in [0.2, 0.25) is 0 Å². The zero-order valence-corrected chi connectivity index (χ0v) is 12.3. The van der Waals surface area contributed by atoms with Crippen LogP contribution in [0.25, 0.3) is 11.3 Å². The molecule has 0 aliphatic heterocycles. The number of aromatic nitrogens is 2. The van der Waals surface area contributed by atoms with Crippen LogP contribution >= 0.6 is 0 Å². The molecule has 0 aliphatic carbocycles. The number of benzene rings is 2. The first-order valence-electron chi connectivity index (χ1n) is 6.84. The van der Waals surface area contributed by atoms with E-state index in [2.05, 4.69) is 20.4 Å². The number of methoxy groups -OCH3 is 1. The number of nitrogens with zero attached hydrogens (tertiary/aromatic N) is 2. The molecule has 1 aromatic heterocycles. The van der Waals surface area contributed by atoms with Crippen molar-refractivity contribution in [3.05, 3.63) is 58.9 Å². The van der Waals surface area contributed by atoms with E-state index in [-0.39, 0.29) is 17.0 Å². The highest BCUT2D eigenvalue weighted by Gasteiger charge is 2.12. The van der Waals surface area contributed by atoms with E-state index >= 15 is 0 Å². The van der Waals surface area contributed by atoms with Crippen molar-refractivity contribution < 1.29 is 9.84 Å². The lowest BCUT2D eigenvalue weighted by atomic mass is 10.1. The Morgan fingerprint density at radius 2 is 1.74 bits per heavy atom. The number of aromatic hydroxyl groups is 1. The van der Waals surface area contributed by atoms with E-state index in [1.165, 1.54) is 12.1 Å². The van der Waals surface area contributed by atoms with Crippen molar-refractivity contribution in [3.63, 3.8) is 0 Å². The summed E-state index contributed by atoms with van der Waals surface area (Å²) in [6.45, 7) is 0. The van der Waals surface area contributed by atoms with Crippen LogP contribution in [0, 0.1) is 0 Å². The first kappa shape index (κ1) is 14.6. The Labute approximate surface area is 131 Å². The van der Waals surface area contributed by atoms with Gasteiger partial charge in [0.05, 0.1) is 12.8 Å². The van der Waals surface area contributed by atoms with E-state index in [1.54, 1.807) is 37.4 Å². The van der Waals surface area contributed by atoms with Crippen LogP contribution in [0.4, 0.5) is 11.4 Å². The van der Waals surface area contributed by atoms with Crippen molar-refractivity contribution in [1.82, 2.24) is 10.2 Å². The fourth-order valence-corrected chi connectivity index (χ4v) is 2.10. The minimum Gasteiger partial charge on any atom is -0.508 e. The van der Waals surface area contributed by atoms with Gasteiger partial charge in [0.1, 0.15) is 17.2 Å². The number of H-pyrrole nitrogens is 2. The minimum atomic E-state index is -0.383. The predicted molar refractivity (Wildman–Crippen MR) is 85.7 cm³/mol. The standard InChI is InChI=1S/C16H14N4O3/c1-23-13-5-3-2-4-12(13)17-19-15-14(18-20-16(15)22)10-6-8-11(21)9-7-10/h2-9,21H,1H3,(H2,18,20,22). The summed E-state index contributed by atoms with van der Waals surface area (Å²) in [5, 5.41) is 22.8. The van der Waals surface area contributed by atoms with Crippen LogP contribution in [-0.4, -0.2) is 22.4 Å². The highest BCUT2D eigenvalue weighted by molar-refractivity contribution is 5.71. The van der Waals surface area contributed by atoms with Crippen LogP contribution in [0.5, 0.6) is 11.5 Å². The molecule has 0 bridgehead atoms. The summed E-state index contributed by atoms with van der Waals surface area (Å²) in [6.07, 6.45) is 0. The van der Waals surface area contributed by atoms with Gasteiger partial charge in [-0.25, -0.2) is 0 Å². The maximum absolute atomic E-state index is 11.9. The molecular formula is C16H14N4O3. The quantitative estimate of drug-likeness (QED) is 0.642. The number of rotatable bonds is 4. The van der Waals surface area contributed by atoms with Gasteiger partial charge in [0.25, 0.3) is 5.56 Å². The highest BCUT2D eigenvalue weighted by atomic mass is 16.5. The summed E-state index contributed by atoms with van der Waals surface area (Å²) < 4.78 is 5.20. The molecule has 0 aliphatic rings. The van der Waals surface area contributed by atoms with Gasteiger partial charge >= 0.3 is 0 Å². The molecular weight excluding hydrogens is 296 g/mol. The molecule has 3 N–H and O–H groups in total. The molecule has 0 spiro atoms. The number of phenols is 1. The lowest BCUT2D eigenvalue weighted by Gasteiger charge is -2.02. The van der Waals surface area contributed by atoms with E-state index < -0.39 is 0 Å². The van der Waals surface area contributed by atoms with Gasteiger partial charge in [-0.3, -0.25) is 15.0 Å². The molecule has 0 saturated heterocycles. The first-order valence-corrected chi connectivity index (χ1v) is 6.84. The van der Waals surface area contributed by atoms with Gasteiger partial charge in [-0.1, -0.05) is 12.1 Å². The van der Waals surface area contributed by atoms with Crippen LogP contribution in [-0.2, 0) is 0 Å². The van der Waals surface area contributed by atoms with Crippen molar-refractivity contribution in [2.75, 3.05) is 7.11 Å². The van der Waals surface area contributed by atoms with Crippen LogP contribution in [0.1, 0.15) is 0 Å². The molecule has 1 heterocycles. The largest absolute Gasteiger partial charge is 0.508 e. The second kappa shape index (κ2) is 6.18. The Morgan fingerprint density at radius 1 is 1.00 bits per heavy atom. The summed E-state index contributed by atoms with van der Waals surface area (Å²) in [6, 6.07) is 13.5. The van der Waals surface area contributed by atoms with Crippen LogP contribution in [0.15, 0.2) is 63.6 Å². The topological polar surface area (TPSA) is 103 Å². The van der Waals surface area contributed by atoms with Crippen molar-refractivity contribution in [2.24, 2.45) is 10.2 Å². The Morgan fingerprint density at radius 3 is 2.48 bits per heavy atom. The van der Waals surface area contributed by atoms with Crippen molar-refractivity contribution >= 4 is 11.4 Å². The lowest BCUT2D eigenvalue weighted by molar-refractivity contribution is 0.416. The number of ether oxygens (including phenoxy) is 1. The molecule has 116 valence electrons. The second-order valence-electron chi connectivity index (χ2n) is 4.72. The monoisotopic (exact) mass is 310 g/mol. The summed E-state index contributed by atoms with van der Waals surface area (Å²) in [5.74, 6) is 0.707. The van der Waals surface area contributed by atoms with E-state index in [1.807, 2.05) is 6.07 Å². The first-order chi connectivity index (χ1) is 11.2. The molecule has 0 radical (unpaired) electrons. The molecule has 0 unspecified atom stereocenters. The molecule has 0 saturated carbocycles. The van der Waals surface area contributed by atoms with Gasteiger partial charge in [0, 0.05) is 5.56 Å². The molecule has 7 nitrogen and oxygen atoms in total. The van der Waals surface area contributed by atoms with Crippen molar-refractivity contribution in [1.29, 1.82) is 0 Å². The number of hydrogen-bond donors (Lipinski definition) is 3. The van der Waals surface area contributed by atoms with Gasteiger partial charge in [-0.15, -0.1) is 10.2 Å². The number of aromatic amines is 2. The second-order valence-corrected chi connectivity index (χ2v) is 4.72. The van der Waals surface area contributed by atoms with Gasteiger partial charge in [-0.05, 0) is 36.4 Å². The van der Waals surface area contributed by atoms with Gasteiger partial charge in [0.15, 0.2) is 5.69 Å². The summed E-state index contributed by atoms with van der Waals surface area (Å²) >= 11 is 0. The fraction of sp³-hybridized carbons (Fsp3) is 0.0625. The van der Waals surface area contributed by atoms with Crippen LogP contribution in [0.3, 0.4) is 0 Å². The van der Waals surface area contributed by atoms with E-state index in [9.17, 15) is 9.90 Å². The van der Waals surface area contributed by atoms with Gasteiger partial charge in [0.2, 0.25) is 0 Å². The van der Waals surface area contributed by atoms with Crippen LogP contribution < -0.4 is 10.3 Å². The van der Waals surface area contributed by atoms with Crippen molar-refractivity contribution in [3.8, 4) is 22.8 Å². The number of phenolic OH excluding ortho intramolecular Hbond substituents is 1. The maximum atomic E-state index is 11.9. The molecule has 0 amide bonds. The SMILES string of the molecule is COc1ccccc1N=Nc1c(-c2ccc(O)cc2)[nH][nH]c1=O. The molecule has 23 heavy (non-hydrogen) atoms. The average molecular weight is 310 g/mol. The van der Waals surface area contributed by atoms with Crippen molar-refractivity contribution in [2.45, 2.75) is 0 Å². The minimum absolute atomic E-state index is 0.142. The normalized spacial score (nSPS) is 11.0. The Balaban J connectivity index is 2.01. The smallest absolute Gasteiger partial charge is 0.292 e. The predicted octanol–water partition coefficient (Wildman–Crippen LogP) is 3.50. The van der Waals surface area contributed by atoms with E-state index in [4.69, 9.17) is 4.74 Å². The third-order valence-corrected chi connectivity index (χ3v) is 3.25. The molecule has 2 aromatic carbocycles. The Hall–Kier alpha value is -3.35.